The highest BCUT2D eigenvalue weighted by atomic mass is 16.2. The molecule has 0 radical (unpaired) electrons. The van der Waals surface area contributed by atoms with Gasteiger partial charge in [-0.1, -0.05) is 30.3 Å². The molecule has 29 heavy (non-hydrogen) atoms. The van der Waals surface area contributed by atoms with Crippen LogP contribution < -0.4 is 10.6 Å². The van der Waals surface area contributed by atoms with Crippen molar-refractivity contribution in [3.8, 4) is 0 Å². The lowest BCUT2D eigenvalue weighted by molar-refractivity contribution is 0.0827. The molecule has 1 unspecified atom stereocenters. The fourth-order valence-corrected chi connectivity index (χ4v) is 3.82. The summed E-state index contributed by atoms with van der Waals surface area (Å²) in [5, 5.41) is 6.51. The molecule has 1 aromatic heterocycles. The number of nitrogens with one attached hydrogen (secondary N) is 2. The van der Waals surface area contributed by atoms with Crippen molar-refractivity contribution >= 4 is 23.4 Å². The van der Waals surface area contributed by atoms with E-state index in [9.17, 15) is 4.79 Å². The lowest BCUT2D eigenvalue weighted by atomic mass is 9.97. The number of benzene rings is 2. The minimum atomic E-state index is -0.0199. The molecule has 0 aliphatic heterocycles. The van der Waals surface area contributed by atoms with E-state index < -0.39 is 0 Å². The molecule has 2 N–H and O–H groups in total. The Hall–Kier alpha value is -3.41. The van der Waals surface area contributed by atoms with Crippen molar-refractivity contribution in [2.75, 3.05) is 31.8 Å². The quantitative estimate of drug-likeness (QED) is 0.691. The van der Waals surface area contributed by atoms with Gasteiger partial charge in [0.05, 0.1) is 5.69 Å². The van der Waals surface area contributed by atoms with Crippen LogP contribution in [0.1, 0.15) is 39.5 Å². The molecule has 2 aromatic carbocycles. The molecule has 0 saturated carbocycles. The minimum absolute atomic E-state index is 0.0199. The number of anilines is 3. The molecule has 0 fully saturated rings. The second-order valence-corrected chi connectivity index (χ2v) is 7.41. The molecule has 4 rings (SSSR count). The third kappa shape index (κ3) is 3.78. The van der Waals surface area contributed by atoms with Crippen molar-refractivity contribution in [1.29, 1.82) is 0 Å². The standard InChI is InChI=1S/C23H25N5O/c1-24-21-19-14-13-18(15-7-5-4-6-8-15)20(19)26-23(27-21)25-17-11-9-16(10-12-17)22(29)28(2)3/h4-12,18H,13-14H2,1-3H3,(H2,24,25,26,27). The fourth-order valence-electron chi connectivity index (χ4n) is 3.82. The second kappa shape index (κ2) is 7.91. The number of amides is 1. The topological polar surface area (TPSA) is 70.2 Å². The van der Waals surface area contributed by atoms with Gasteiger partial charge in [-0.3, -0.25) is 4.79 Å². The Morgan fingerprint density at radius 1 is 1.03 bits per heavy atom. The number of carbonyl (C=O) groups excluding carboxylic acids is 1. The number of hydrogen-bond donors (Lipinski definition) is 2. The molecule has 1 aliphatic rings. The third-order valence-corrected chi connectivity index (χ3v) is 5.29. The molecule has 0 spiro atoms. The summed E-state index contributed by atoms with van der Waals surface area (Å²) in [7, 11) is 5.38. The van der Waals surface area contributed by atoms with Crippen molar-refractivity contribution in [3.63, 3.8) is 0 Å². The number of rotatable bonds is 5. The van der Waals surface area contributed by atoms with Gasteiger partial charge in [0.15, 0.2) is 0 Å². The summed E-state index contributed by atoms with van der Waals surface area (Å²) in [5.74, 6) is 1.69. The van der Waals surface area contributed by atoms with Crippen molar-refractivity contribution < 1.29 is 4.79 Å². The largest absolute Gasteiger partial charge is 0.373 e. The van der Waals surface area contributed by atoms with Crippen LogP contribution in [0.25, 0.3) is 0 Å². The van der Waals surface area contributed by atoms with Crippen LogP contribution in [0.4, 0.5) is 17.5 Å². The maximum absolute atomic E-state index is 12.1. The van der Waals surface area contributed by atoms with Crippen LogP contribution in [-0.2, 0) is 6.42 Å². The smallest absolute Gasteiger partial charge is 0.253 e. The highest BCUT2D eigenvalue weighted by Crippen LogP contribution is 2.40. The zero-order valence-corrected chi connectivity index (χ0v) is 16.9. The van der Waals surface area contributed by atoms with Crippen LogP contribution in [0.2, 0.25) is 0 Å². The van der Waals surface area contributed by atoms with Crippen LogP contribution in [0.3, 0.4) is 0 Å². The molecular weight excluding hydrogens is 362 g/mol. The van der Waals surface area contributed by atoms with E-state index in [2.05, 4.69) is 39.9 Å². The number of carbonyl (C=O) groups is 1. The van der Waals surface area contributed by atoms with E-state index >= 15 is 0 Å². The van der Waals surface area contributed by atoms with Gasteiger partial charge in [-0.2, -0.15) is 4.98 Å². The van der Waals surface area contributed by atoms with Crippen LogP contribution in [0.15, 0.2) is 54.6 Å². The molecule has 6 nitrogen and oxygen atoms in total. The Bertz CT molecular complexity index is 1020. The lowest BCUT2D eigenvalue weighted by Crippen LogP contribution is -2.21. The van der Waals surface area contributed by atoms with Gasteiger partial charge >= 0.3 is 0 Å². The van der Waals surface area contributed by atoms with E-state index in [-0.39, 0.29) is 11.8 Å². The van der Waals surface area contributed by atoms with Crippen LogP contribution in [-0.4, -0.2) is 41.9 Å². The van der Waals surface area contributed by atoms with E-state index in [0.29, 0.717) is 11.5 Å². The molecule has 6 heteroatoms. The van der Waals surface area contributed by atoms with Gasteiger partial charge in [0.1, 0.15) is 5.82 Å². The summed E-state index contributed by atoms with van der Waals surface area (Å²) >= 11 is 0. The first-order valence-corrected chi connectivity index (χ1v) is 9.79. The summed E-state index contributed by atoms with van der Waals surface area (Å²) < 4.78 is 0. The zero-order chi connectivity index (χ0) is 20.4. The summed E-state index contributed by atoms with van der Waals surface area (Å²) in [6.45, 7) is 0. The molecule has 0 saturated heterocycles. The monoisotopic (exact) mass is 387 g/mol. The first-order valence-electron chi connectivity index (χ1n) is 9.79. The molecule has 0 bridgehead atoms. The maximum atomic E-state index is 12.1. The van der Waals surface area contributed by atoms with Gasteiger partial charge < -0.3 is 15.5 Å². The molecule has 1 amide bonds. The summed E-state index contributed by atoms with van der Waals surface area (Å²) in [4.78, 5) is 23.2. The normalized spacial score (nSPS) is 14.9. The van der Waals surface area contributed by atoms with E-state index in [0.717, 1.165) is 30.0 Å². The Labute approximate surface area is 171 Å². The van der Waals surface area contributed by atoms with E-state index in [4.69, 9.17) is 4.98 Å². The average molecular weight is 387 g/mol. The second-order valence-electron chi connectivity index (χ2n) is 7.41. The number of aromatic nitrogens is 2. The Morgan fingerprint density at radius 3 is 2.41 bits per heavy atom. The molecule has 1 aliphatic carbocycles. The van der Waals surface area contributed by atoms with Gasteiger partial charge in [-0.15, -0.1) is 0 Å². The van der Waals surface area contributed by atoms with Crippen LogP contribution >= 0.6 is 0 Å². The van der Waals surface area contributed by atoms with Gasteiger partial charge in [-0.25, -0.2) is 4.98 Å². The number of fused-ring (bicyclic) bond motifs is 1. The maximum Gasteiger partial charge on any atom is 0.253 e. The molecule has 1 atom stereocenters. The van der Waals surface area contributed by atoms with Gasteiger partial charge in [0.25, 0.3) is 5.91 Å². The summed E-state index contributed by atoms with van der Waals surface area (Å²) in [5.41, 5.74) is 5.05. The van der Waals surface area contributed by atoms with Crippen molar-refractivity contribution in [2.24, 2.45) is 0 Å². The summed E-state index contributed by atoms with van der Waals surface area (Å²) in [6, 6.07) is 17.9. The van der Waals surface area contributed by atoms with E-state index in [1.807, 2.05) is 37.4 Å². The molecule has 3 aromatic rings. The highest BCUT2D eigenvalue weighted by molar-refractivity contribution is 5.94. The SMILES string of the molecule is CNc1nc(Nc2ccc(C(=O)N(C)C)cc2)nc2c1CCC2c1ccccc1. The van der Waals surface area contributed by atoms with Crippen LogP contribution in [0, 0.1) is 0 Å². The summed E-state index contributed by atoms with van der Waals surface area (Å²) in [6.07, 6.45) is 2.00. The van der Waals surface area contributed by atoms with E-state index in [1.54, 1.807) is 19.0 Å². The predicted octanol–water partition coefficient (Wildman–Crippen LogP) is 4.04. The fraction of sp³-hybridized carbons (Fsp3) is 0.261. The minimum Gasteiger partial charge on any atom is -0.373 e. The Morgan fingerprint density at radius 2 is 1.76 bits per heavy atom. The molecule has 1 heterocycles. The third-order valence-electron chi connectivity index (χ3n) is 5.29. The van der Waals surface area contributed by atoms with Gasteiger partial charge in [0.2, 0.25) is 5.95 Å². The lowest BCUT2D eigenvalue weighted by Gasteiger charge is -2.15. The van der Waals surface area contributed by atoms with Crippen molar-refractivity contribution in [2.45, 2.75) is 18.8 Å². The Kier molecular flexibility index (Phi) is 5.16. The predicted molar refractivity (Wildman–Crippen MR) is 116 cm³/mol. The number of hydrogen-bond acceptors (Lipinski definition) is 5. The molecular formula is C23H25N5O. The van der Waals surface area contributed by atoms with Gasteiger partial charge in [-0.05, 0) is 42.7 Å². The van der Waals surface area contributed by atoms with Crippen LogP contribution in [0.5, 0.6) is 0 Å². The molecule has 148 valence electrons. The first-order chi connectivity index (χ1) is 14.1. The van der Waals surface area contributed by atoms with Crippen molar-refractivity contribution in [3.05, 3.63) is 77.0 Å². The highest BCUT2D eigenvalue weighted by Gasteiger charge is 2.29. The first kappa shape index (κ1) is 18.9. The zero-order valence-electron chi connectivity index (χ0n) is 16.9. The van der Waals surface area contributed by atoms with Gasteiger partial charge in [0, 0.05) is 43.9 Å². The van der Waals surface area contributed by atoms with E-state index in [1.165, 1.54) is 11.1 Å². The number of nitrogens with zero attached hydrogens (tertiary/aromatic N) is 3. The van der Waals surface area contributed by atoms with Crippen molar-refractivity contribution in [1.82, 2.24) is 14.9 Å². The Balaban J connectivity index is 1.63. The average Bonchev–Trinajstić information content (AvgIpc) is 3.17.